The van der Waals surface area contributed by atoms with Crippen molar-refractivity contribution < 1.29 is 9.53 Å². The number of nitrogen functional groups attached to an aromatic ring is 1. The van der Waals surface area contributed by atoms with Crippen molar-refractivity contribution in [1.82, 2.24) is 20.2 Å². The maximum atomic E-state index is 13.8. The molecule has 7 nitrogen and oxygen atoms in total. The third-order valence-corrected chi connectivity index (χ3v) is 7.18. The molecule has 2 saturated heterocycles. The zero-order valence-corrected chi connectivity index (χ0v) is 19.9. The Bertz CT molecular complexity index is 981. The molecule has 1 atom stereocenters. The second-order valence-electron chi connectivity index (χ2n) is 9.12. The number of carbonyl (C=O) groups excluding carboxylic acids is 1. The number of nitrogens with one attached hydrogen (secondary N) is 1. The summed E-state index contributed by atoms with van der Waals surface area (Å²) in [6, 6.07) is 8.06. The third-order valence-electron chi connectivity index (χ3n) is 7.18. The largest absolute Gasteiger partial charge is 0.497 e. The number of nitrogens with zero attached hydrogens (tertiary/aromatic N) is 3. The van der Waals surface area contributed by atoms with Crippen LogP contribution in [0.25, 0.3) is 0 Å². The molecular weight excluding hydrogens is 449 g/mol. The Labute approximate surface area is 201 Å². The van der Waals surface area contributed by atoms with E-state index in [9.17, 15) is 4.79 Å². The van der Waals surface area contributed by atoms with Crippen molar-refractivity contribution >= 4 is 36.7 Å². The number of methoxy groups -OCH3 is 1. The van der Waals surface area contributed by atoms with E-state index in [2.05, 4.69) is 26.3 Å². The normalized spacial score (nSPS) is 22.8. The Kier molecular flexibility index (Phi) is 7.22. The van der Waals surface area contributed by atoms with E-state index >= 15 is 0 Å². The first-order chi connectivity index (χ1) is 14.5. The lowest BCUT2D eigenvalue weighted by molar-refractivity contribution is -0.147. The van der Waals surface area contributed by atoms with Crippen LogP contribution in [0.2, 0.25) is 0 Å². The molecule has 174 valence electrons. The van der Waals surface area contributed by atoms with Crippen LogP contribution in [0.3, 0.4) is 0 Å². The maximum absolute atomic E-state index is 13.8. The second-order valence-corrected chi connectivity index (χ2v) is 9.12. The van der Waals surface area contributed by atoms with Gasteiger partial charge in [0.05, 0.1) is 18.2 Å². The number of halogens is 2. The number of rotatable bonds is 4. The number of piperidine rings is 1. The summed E-state index contributed by atoms with van der Waals surface area (Å²) >= 11 is 0. The lowest BCUT2D eigenvalue weighted by atomic mass is 9.72. The Morgan fingerprint density at radius 2 is 2.09 bits per heavy atom. The minimum atomic E-state index is -0.378. The van der Waals surface area contributed by atoms with Gasteiger partial charge >= 0.3 is 0 Å². The van der Waals surface area contributed by atoms with Gasteiger partial charge in [0.15, 0.2) is 0 Å². The number of aromatic nitrogens is 2. The third kappa shape index (κ3) is 4.14. The molecule has 0 bridgehead atoms. The average Bonchev–Trinajstić information content (AvgIpc) is 3.07. The van der Waals surface area contributed by atoms with Crippen LogP contribution in [0.5, 0.6) is 5.75 Å². The SMILES string of the molecule is COc1cccc(CC2(C(=O)N3CCCC4(CCc5cnc(N)nc54)C3)CNC2)c1.Cl.Cl. The first-order valence-corrected chi connectivity index (χ1v) is 10.8. The predicted octanol–water partition coefficient (Wildman–Crippen LogP) is 2.55. The van der Waals surface area contributed by atoms with Crippen molar-refractivity contribution in [3.63, 3.8) is 0 Å². The molecule has 2 fully saturated rings. The lowest BCUT2D eigenvalue weighted by Gasteiger charge is -2.48. The number of nitrogens with two attached hydrogens (primary N) is 1. The Hall–Kier alpha value is -2.09. The van der Waals surface area contributed by atoms with E-state index in [1.807, 2.05) is 24.4 Å². The molecule has 1 unspecified atom stereocenters. The fraction of sp³-hybridized carbons (Fsp3) is 0.522. The standard InChI is InChI=1S/C23H29N5O2.2ClH/c1-30-18-5-2-4-16(10-18)11-23(13-25-14-23)20(29)28-9-3-7-22(15-28)8-6-17-12-26-21(24)27-19(17)22;;/h2,4-5,10,12,25H,3,6-9,11,13-15H2,1H3,(H2,24,26,27);2*1H. The van der Waals surface area contributed by atoms with Gasteiger partial charge in [-0.15, -0.1) is 24.8 Å². The Balaban J connectivity index is 0.00000144. The van der Waals surface area contributed by atoms with Gasteiger partial charge in [-0.3, -0.25) is 4.79 Å². The summed E-state index contributed by atoms with van der Waals surface area (Å²) in [6.45, 7) is 2.99. The molecule has 3 heterocycles. The predicted molar refractivity (Wildman–Crippen MR) is 129 cm³/mol. The van der Waals surface area contributed by atoms with E-state index in [0.717, 1.165) is 75.3 Å². The van der Waals surface area contributed by atoms with E-state index in [1.165, 1.54) is 5.56 Å². The van der Waals surface area contributed by atoms with Crippen LogP contribution in [0.15, 0.2) is 30.5 Å². The topological polar surface area (TPSA) is 93.4 Å². The van der Waals surface area contributed by atoms with Crippen LogP contribution in [0, 0.1) is 5.41 Å². The van der Waals surface area contributed by atoms with Gasteiger partial charge in [0.25, 0.3) is 0 Å². The molecule has 1 aromatic carbocycles. The number of carbonyl (C=O) groups is 1. The average molecular weight is 480 g/mol. The minimum Gasteiger partial charge on any atom is -0.497 e. The highest BCUT2D eigenvalue weighted by Gasteiger charge is 2.50. The number of fused-ring (bicyclic) bond motifs is 2. The number of aryl methyl sites for hydroxylation is 1. The van der Waals surface area contributed by atoms with Crippen molar-refractivity contribution in [2.75, 3.05) is 39.0 Å². The number of ether oxygens (including phenoxy) is 1. The summed E-state index contributed by atoms with van der Waals surface area (Å²) in [5.74, 6) is 1.42. The van der Waals surface area contributed by atoms with Crippen molar-refractivity contribution in [2.45, 2.75) is 37.5 Å². The summed E-state index contributed by atoms with van der Waals surface area (Å²) in [7, 11) is 1.67. The van der Waals surface area contributed by atoms with Crippen molar-refractivity contribution in [3.05, 3.63) is 47.3 Å². The molecule has 2 aliphatic heterocycles. The summed E-state index contributed by atoms with van der Waals surface area (Å²) in [6.07, 6.45) is 6.64. The van der Waals surface area contributed by atoms with Gasteiger partial charge < -0.3 is 20.7 Å². The van der Waals surface area contributed by atoms with Gasteiger partial charge in [-0.2, -0.15) is 0 Å². The minimum absolute atomic E-state index is 0. The van der Waals surface area contributed by atoms with Crippen LogP contribution in [-0.4, -0.2) is 54.1 Å². The number of hydrogen-bond acceptors (Lipinski definition) is 6. The quantitative estimate of drug-likeness (QED) is 0.699. The highest BCUT2D eigenvalue weighted by molar-refractivity contribution is 5.86. The zero-order chi connectivity index (χ0) is 20.8. The van der Waals surface area contributed by atoms with Gasteiger partial charge in [0.2, 0.25) is 11.9 Å². The van der Waals surface area contributed by atoms with E-state index < -0.39 is 0 Å². The van der Waals surface area contributed by atoms with Crippen LogP contribution < -0.4 is 15.8 Å². The number of likely N-dealkylation sites (tertiary alicyclic amines) is 1. The molecule has 0 saturated carbocycles. The van der Waals surface area contributed by atoms with Crippen LogP contribution in [0.4, 0.5) is 5.95 Å². The molecule has 3 aliphatic rings. The first-order valence-electron chi connectivity index (χ1n) is 10.8. The monoisotopic (exact) mass is 479 g/mol. The van der Waals surface area contributed by atoms with Crippen molar-refractivity contribution in [3.8, 4) is 5.75 Å². The highest BCUT2D eigenvalue weighted by atomic mass is 35.5. The molecule has 1 spiro atoms. The van der Waals surface area contributed by atoms with Crippen LogP contribution in [0.1, 0.15) is 36.1 Å². The van der Waals surface area contributed by atoms with E-state index in [1.54, 1.807) is 7.11 Å². The van der Waals surface area contributed by atoms with E-state index in [4.69, 9.17) is 10.5 Å². The van der Waals surface area contributed by atoms with Gasteiger partial charge in [-0.25, -0.2) is 9.97 Å². The second kappa shape index (κ2) is 9.41. The molecule has 1 aromatic heterocycles. The molecule has 0 radical (unpaired) electrons. The maximum Gasteiger partial charge on any atom is 0.231 e. The summed E-state index contributed by atoms with van der Waals surface area (Å²) < 4.78 is 5.37. The first kappa shape index (κ1) is 24.6. The van der Waals surface area contributed by atoms with Gasteiger partial charge in [-0.05, 0) is 55.4 Å². The zero-order valence-electron chi connectivity index (χ0n) is 18.3. The number of benzene rings is 1. The summed E-state index contributed by atoms with van der Waals surface area (Å²) in [4.78, 5) is 24.7. The number of anilines is 1. The van der Waals surface area contributed by atoms with Gasteiger partial charge in [0, 0.05) is 37.8 Å². The smallest absolute Gasteiger partial charge is 0.231 e. The molecule has 1 aliphatic carbocycles. The fourth-order valence-electron chi connectivity index (χ4n) is 5.54. The van der Waals surface area contributed by atoms with E-state index in [0.29, 0.717) is 5.95 Å². The molecule has 9 heteroatoms. The van der Waals surface area contributed by atoms with E-state index in [-0.39, 0.29) is 41.6 Å². The highest BCUT2D eigenvalue weighted by Crippen LogP contribution is 2.45. The number of amides is 1. The van der Waals surface area contributed by atoms with Crippen LogP contribution >= 0.6 is 24.8 Å². The molecule has 1 amide bonds. The summed E-state index contributed by atoms with van der Waals surface area (Å²) in [5.41, 5.74) is 8.85. The molecule has 2 aromatic rings. The van der Waals surface area contributed by atoms with Crippen molar-refractivity contribution in [1.29, 1.82) is 0 Å². The fourth-order valence-corrected chi connectivity index (χ4v) is 5.54. The van der Waals surface area contributed by atoms with Gasteiger partial charge in [0.1, 0.15) is 5.75 Å². The molecule has 32 heavy (non-hydrogen) atoms. The molecule has 3 N–H and O–H groups in total. The van der Waals surface area contributed by atoms with Crippen LogP contribution in [-0.2, 0) is 23.1 Å². The lowest BCUT2D eigenvalue weighted by Crippen LogP contribution is -2.65. The number of hydrogen-bond donors (Lipinski definition) is 2. The van der Waals surface area contributed by atoms with Gasteiger partial charge in [-0.1, -0.05) is 12.1 Å². The molecular formula is C23H31Cl2N5O2. The summed E-state index contributed by atoms with van der Waals surface area (Å²) in [5, 5.41) is 3.34. The Morgan fingerprint density at radius 3 is 2.81 bits per heavy atom. The van der Waals surface area contributed by atoms with Crippen molar-refractivity contribution in [2.24, 2.45) is 5.41 Å². The molecule has 5 rings (SSSR count). The Morgan fingerprint density at radius 1 is 1.28 bits per heavy atom.